The molecule has 0 atom stereocenters. The highest BCUT2D eigenvalue weighted by Crippen LogP contribution is 2.28. The Balaban J connectivity index is 1.50. The number of pyridine rings is 2. The second-order valence-corrected chi connectivity index (χ2v) is 8.01. The Morgan fingerprint density at radius 3 is 2.59 bits per heavy atom. The number of hydrogen-bond donors (Lipinski definition) is 1. The minimum atomic E-state index is -0.340. The smallest absolute Gasteiger partial charge is 0.259 e. The van der Waals surface area contributed by atoms with Gasteiger partial charge >= 0.3 is 0 Å². The maximum atomic E-state index is 13.1. The molecule has 0 saturated heterocycles. The first-order chi connectivity index (χ1) is 16.5. The Hall–Kier alpha value is -4.59. The zero-order valence-corrected chi connectivity index (χ0v) is 18.6. The van der Waals surface area contributed by atoms with Crippen molar-refractivity contribution in [2.24, 2.45) is 0 Å². The van der Waals surface area contributed by atoms with Gasteiger partial charge in [-0.1, -0.05) is 29.4 Å². The van der Waals surface area contributed by atoms with E-state index in [1.165, 1.54) is 10.6 Å². The monoisotopic (exact) mass is 451 g/mol. The molecule has 3 aromatic heterocycles. The maximum Gasteiger partial charge on any atom is 0.259 e. The fourth-order valence-corrected chi connectivity index (χ4v) is 3.79. The van der Waals surface area contributed by atoms with Crippen LogP contribution in [0.5, 0.6) is 0 Å². The number of para-hydroxylation sites is 1. The third-order valence-corrected chi connectivity index (χ3v) is 5.71. The summed E-state index contributed by atoms with van der Waals surface area (Å²) in [6, 6.07) is 18.0. The first-order valence-electron chi connectivity index (χ1n) is 10.7. The van der Waals surface area contributed by atoms with E-state index in [0.717, 1.165) is 22.1 Å². The van der Waals surface area contributed by atoms with Crippen LogP contribution in [0.2, 0.25) is 0 Å². The van der Waals surface area contributed by atoms with Gasteiger partial charge in [0.25, 0.3) is 11.4 Å². The average Bonchev–Trinajstić information content (AvgIpc) is 3.34. The number of aryl methyl sites for hydroxylation is 2. The number of carbonyl (C=O) groups is 1. The largest absolute Gasteiger partial charge is 0.334 e. The molecule has 0 bridgehead atoms. The van der Waals surface area contributed by atoms with Gasteiger partial charge < -0.3 is 9.84 Å². The zero-order chi connectivity index (χ0) is 23.7. The molecule has 5 rings (SSSR count). The van der Waals surface area contributed by atoms with Crippen molar-refractivity contribution in [1.82, 2.24) is 19.7 Å². The summed E-state index contributed by atoms with van der Waals surface area (Å²) < 4.78 is 6.92. The van der Waals surface area contributed by atoms with Crippen molar-refractivity contribution in [2.45, 2.75) is 20.4 Å². The number of fused-ring (bicyclic) bond motifs is 1. The molecule has 1 amide bonds. The molecule has 0 fully saturated rings. The highest BCUT2D eigenvalue weighted by atomic mass is 16.5. The van der Waals surface area contributed by atoms with Gasteiger partial charge in [-0.05, 0) is 55.3 Å². The number of benzene rings is 2. The molecule has 1 N–H and O–H groups in total. The third-order valence-electron chi connectivity index (χ3n) is 5.71. The van der Waals surface area contributed by atoms with Gasteiger partial charge in [0.15, 0.2) is 0 Å². The number of nitrogens with zero attached hydrogens (tertiary/aromatic N) is 4. The van der Waals surface area contributed by atoms with Gasteiger partial charge in [0.1, 0.15) is 6.54 Å². The van der Waals surface area contributed by atoms with E-state index in [4.69, 9.17) is 4.52 Å². The molecule has 0 aliphatic heterocycles. The van der Waals surface area contributed by atoms with E-state index in [1.807, 2.05) is 50.2 Å². The predicted octanol–water partition coefficient (Wildman–Crippen LogP) is 4.37. The number of amides is 1. The van der Waals surface area contributed by atoms with Crippen LogP contribution in [0.15, 0.2) is 82.4 Å². The lowest BCUT2D eigenvalue weighted by molar-refractivity contribution is -0.116. The minimum absolute atomic E-state index is 0.126. The summed E-state index contributed by atoms with van der Waals surface area (Å²) in [5, 5.41) is 7.64. The molecule has 0 aliphatic rings. The molecule has 0 spiro atoms. The van der Waals surface area contributed by atoms with Gasteiger partial charge in [-0.3, -0.25) is 19.1 Å². The average molecular weight is 451 g/mol. The molecule has 0 aliphatic carbocycles. The van der Waals surface area contributed by atoms with Gasteiger partial charge in [-0.25, -0.2) is 0 Å². The second-order valence-electron chi connectivity index (χ2n) is 8.01. The van der Waals surface area contributed by atoms with E-state index in [9.17, 15) is 9.59 Å². The van der Waals surface area contributed by atoms with Crippen LogP contribution in [0.3, 0.4) is 0 Å². The summed E-state index contributed by atoms with van der Waals surface area (Å²) in [6.07, 6.45) is 3.29. The Labute approximate surface area is 194 Å². The number of aromatic nitrogens is 4. The Bertz CT molecular complexity index is 1570. The van der Waals surface area contributed by atoms with Gasteiger partial charge in [-0.2, -0.15) is 4.98 Å². The Kier molecular flexibility index (Phi) is 5.47. The van der Waals surface area contributed by atoms with Crippen molar-refractivity contribution < 1.29 is 9.32 Å². The van der Waals surface area contributed by atoms with Crippen molar-refractivity contribution in [3.8, 4) is 22.8 Å². The van der Waals surface area contributed by atoms with Crippen LogP contribution in [0.25, 0.3) is 33.7 Å². The topological polar surface area (TPSA) is 103 Å². The van der Waals surface area contributed by atoms with Crippen molar-refractivity contribution in [3.63, 3.8) is 0 Å². The summed E-state index contributed by atoms with van der Waals surface area (Å²) in [5.41, 5.74) is 4.44. The van der Waals surface area contributed by atoms with Crippen LogP contribution in [0, 0.1) is 13.8 Å². The Morgan fingerprint density at radius 1 is 1.00 bits per heavy atom. The fraction of sp³-hybridized carbons (Fsp3) is 0.115. The first kappa shape index (κ1) is 21.3. The van der Waals surface area contributed by atoms with Crippen molar-refractivity contribution >= 4 is 22.5 Å². The number of rotatable bonds is 5. The summed E-state index contributed by atoms with van der Waals surface area (Å²) in [7, 11) is 0. The third kappa shape index (κ3) is 4.09. The quantitative estimate of drug-likeness (QED) is 0.426. The lowest BCUT2D eigenvalue weighted by Gasteiger charge is -2.13. The lowest BCUT2D eigenvalue weighted by atomic mass is 10.1. The van der Waals surface area contributed by atoms with Crippen LogP contribution in [0.1, 0.15) is 11.1 Å². The molecule has 2 aromatic carbocycles. The number of carbonyl (C=O) groups excluding carboxylic acids is 1. The second kappa shape index (κ2) is 8.74. The van der Waals surface area contributed by atoms with Crippen molar-refractivity contribution in [2.75, 3.05) is 5.32 Å². The maximum absolute atomic E-state index is 13.1. The van der Waals surface area contributed by atoms with E-state index >= 15 is 0 Å². The fourth-order valence-electron chi connectivity index (χ4n) is 3.79. The van der Waals surface area contributed by atoms with Gasteiger partial charge in [0.2, 0.25) is 11.7 Å². The molecule has 0 unspecified atom stereocenters. The molecule has 34 heavy (non-hydrogen) atoms. The van der Waals surface area contributed by atoms with E-state index < -0.39 is 0 Å². The van der Waals surface area contributed by atoms with Crippen LogP contribution in [0.4, 0.5) is 5.69 Å². The highest BCUT2D eigenvalue weighted by Gasteiger charge is 2.18. The van der Waals surface area contributed by atoms with Gasteiger partial charge in [0.05, 0.1) is 11.1 Å². The van der Waals surface area contributed by atoms with E-state index in [2.05, 4.69) is 20.4 Å². The zero-order valence-electron chi connectivity index (χ0n) is 18.6. The number of anilines is 1. The predicted molar refractivity (Wildman–Crippen MR) is 129 cm³/mol. The molecular formula is C26H21N5O3. The van der Waals surface area contributed by atoms with E-state index in [1.54, 1.807) is 30.6 Å². The molecule has 168 valence electrons. The SMILES string of the molecule is Cc1ccc(NC(=O)Cn2c(=O)cc(-c3nc(-c4ccncc4)no3)c3ccccc32)cc1C. The first-order valence-corrected chi connectivity index (χ1v) is 10.7. The molecule has 3 heterocycles. The van der Waals surface area contributed by atoms with Crippen LogP contribution in [-0.4, -0.2) is 25.6 Å². The lowest BCUT2D eigenvalue weighted by Crippen LogP contribution is -2.27. The summed E-state index contributed by atoms with van der Waals surface area (Å²) in [6.45, 7) is 3.87. The minimum Gasteiger partial charge on any atom is -0.334 e. The molecule has 8 heteroatoms. The van der Waals surface area contributed by atoms with Gasteiger partial charge in [-0.15, -0.1) is 0 Å². The molecule has 8 nitrogen and oxygen atoms in total. The van der Waals surface area contributed by atoms with Gasteiger partial charge in [0, 0.05) is 35.1 Å². The summed E-state index contributed by atoms with van der Waals surface area (Å²) in [4.78, 5) is 34.3. The normalized spacial score (nSPS) is 11.0. The summed E-state index contributed by atoms with van der Waals surface area (Å²) in [5.74, 6) is 0.339. The molecule has 0 saturated carbocycles. The molecular weight excluding hydrogens is 430 g/mol. The molecule has 5 aromatic rings. The standard InChI is InChI=1S/C26H21N5O3/c1-16-7-8-19(13-17(16)2)28-23(32)15-31-22-6-4-3-5-20(22)21(14-24(31)33)26-29-25(30-34-26)18-9-11-27-12-10-18/h3-14H,15H2,1-2H3,(H,28,32). The molecule has 0 radical (unpaired) electrons. The van der Waals surface area contributed by atoms with Crippen LogP contribution >= 0.6 is 0 Å². The van der Waals surface area contributed by atoms with E-state index in [0.29, 0.717) is 22.6 Å². The highest BCUT2D eigenvalue weighted by molar-refractivity contribution is 5.95. The van der Waals surface area contributed by atoms with Crippen LogP contribution < -0.4 is 10.9 Å². The number of hydrogen-bond acceptors (Lipinski definition) is 6. The van der Waals surface area contributed by atoms with Crippen molar-refractivity contribution in [3.05, 3.63) is 94.5 Å². The van der Waals surface area contributed by atoms with Crippen molar-refractivity contribution in [1.29, 1.82) is 0 Å². The number of nitrogens with one attached hydrogen (secondary N) is 1. The van der Waals surface area contributed by atoms with Crippen LogP contribution in [-0.2, 0) is 11.3 Å². The van der Waals surface area contributed by atoms with E-state index in [-0.39, 0.29) is 23.9 Å². The Morgan fingerprint density at radius 2 is 1.79 bits per heavy atom. The summed E-state index contributed by atoms with van der Waals surface area (Å²) >= 11 is 0.